The fourth-order valence-electron chi connectivity index (χ4n) is 2.00. The van der Waals surface area contributed by atoms with Gasteiger partial charge in [0, 0.05) is 19.6 Å². The quantitative estimate of drug-likeness (QED) is 0.677. The van der Waals surface area contributed by atoms with Gasteiger partial charge in [0.1, 0.15) is 0 Å². The number of ether oxygens (including phenoxy) is 1. The number of carbonyl (C=O) groups is 1. The van der Waals surface area contributed by atoms with Crippen LogP contribution in [0.5, 0.6) is 0 Å². The highest BCUT2D eigenvalue weighted by Gasteiger charge is 2.20. The van der Waals surface area contributed by atoms with Crippen LogP contribution in [0.2, 0.25) is 0 Å². The highest BCUT2D eigenvalue weighted by Crippen LogP contribution is 2.19. The fourth-order valence-corrected chi connectivity index (χ4v) is 2.00. The first-order valence-corrected chi connectivity index (χ1v) is 5.74. The Bertz CT molecular complexity index is 188. The number of hydrogen-bond acceptors (Lipinski definition) is 3. The summed E-state index contributed by atoms with van der Waals surface area (Å²) in [6, 6.07) is 0. The standard InChI is InChI=1S/C11H21NO3/c1-2-15-8-7-12-5-3-10(4-6-12)9-11(13)14/h10H,2-9H2,1H3,(H,13,14). The minimum Gasteiger partial charge on any atom is -0.481 e. The summed E-state index contributed by atoms with van der Waals surface area (Å²) in [6.45, 7) is 6.58. The van der Waals surface area contributed by atoms with E-state index in [0.29, 0.717) is 12.3 Å². The Morgan fingerprint density at radius 2 is 2.13 bits per heavy atom. The minimum absolute atomic E-state index is 0.333. The molecule has 1 aliphatic rings. The van der Waals surface area contributed by atoms with Gasteiger partial charge in [-0.25, -0.2) is 0 Å². The number of carboxylic acid groups (broad SMARTS) is 1. The molecule has 0 saturated carbocycles. The van der Waals surface area contributed by atoms with E-state index in [4.69, 9.17) is 9.84 Å². The molecule has 0 unspecified atom stereocenters. The first kappa shape index (κ1) is 12.5. The number of hydrogen-bond donors (Lipinski definition) is 1. The van der Waals surface area contributed by atoms with Crippen LogP contribution in [0.3, 0.4) is 0 Å². The summed E-state index contributed by atoms with van der Waals surface area (Å²) in [5.74, 6) is -0.284. The van der Waals surface area contributed by atoms with Crippen molar-refractivity contribution in [1.82, 2.24) is 4.90 Å². The molecule has 0 aromatic rings. The molecule has 0 radical (unpaired) electrons. The number of carboxylic acids is 1. The van der Waals surface area contributed by atoms with Gasteiger partial charge in [0.05, 0.1) is 6.61 Å². The van der Waals surface area contributed by atoms with Crippen molar-refractivity contribution in [2.24, 2.45) is 5.92 Å². The van der Waals surface area contributed by atoms with Crippen LogP contribution < -0.4 is 0 Å². The molecule has 0 spiro atoms. The molecule has 0 aromatic heterocycles. The molecule has 0 bridgehead atoms. The summed E-state index contributed by atoms with van der Waals surface area (Å²) in [5, 5.41) is 8.67. The zero-order valence-corrected chi connectivity index (χ0v) is 9.45. The first-order chi connectivity index (χ1) is 7.22. The zero-order valence-electron chi connectivity index (χ0n) is 9.45. The van der Waals surface area contributed by atoms with Gasteiger partial charge in [0.2, 0.25) is 0 Å². The highest BCUT2D eigenvalue weighted by atomic mass is 16.5. The van der Waals surface area contributed by atoms with E-state index >= 15 is 0 Å². The highest BCUT2D eigenvalue weighted by molar-refractivity contribution is 5.67. The second-order valence-corrected chi connectivity index (χ2v) is 4.08. The number of nitrogens with zero attached hydrogens (tertiary/aromatic N) is 1. The van der Waals surface area contributed by atoms with Gasteiger partial charge in [-0.3, -0.25) is 4.79 Å². The maximum atomic E-state index is 10.5. The van der Waals surface area contributed by atoms with E-state index in [-0.39, 0.29) is 0 Å². The van der Waals surface area contributed by atoms with Gasteiger partial charge in [-0.2, -0.15) is 0 Å². The summed E-state index contributed by atoms with van der Waals surface area (Å²) < 4.78 is 5.29. The van der Waals surface area contributed by atoms with E-state index in [0.717, 1.165) is 45.7 Å². The first-order valence-electron chi connectivity index (χ1n) is 5.74. The van der Waals surface area contributed by atoms with Crippen molar-refractivity contribution in [3.8, 4) is 0 Å². The molecule has 1 saturated heterocycles. The number of aliphatic carboxylic acids is 1. The Labute approximate surface area is 91.2 Å². The molecule has 1 fully saturated rings. The van der Waals surface area contributed by atoms with Crippen molar-refractivity contribution in [3.63, 3.8) is 0 Å². The Morgan fingerprint density at radius 1 is 1.47 bits per heavy atom. The average Bonchev–Trinajstić information content (AvgIpc) is 2.20. The Balaban J connectivity index is 2.10. The van der Waals surface area contributed by atoms with Crippen LogP contribution in [0.1, 0.15) is 26.2 Å². The molecule has 1 aliphatic heterocycles. The Morgan fingerprint density at radius 3 is 2.67 bits per heavy atom. The van der Waals surface area contributed by atoms with Crippen molar-refractivity contribution in [2.75, 3.05) is 32.8 Å². The van der Waals surface area contributed by atoms with Gasteiger partial charge in [0.25, 0.3) is 0 Å². The molecule has 1 N–H and O–H groups in total. The van der Waals surface area contributed by atoms with Crippen LogP contribution in [-0.4, -0.2) is 48.8 Å². The molecule has 1 rings (SSSR count). The molecular formula is C11H21NO3. The summed E-state index contributed by atoms with van der Waals surface area (Å²) in [5.41, 5.74) is 0. The van der Waals surface area contributed by atoms with Gasteiger partial charge in [-0.1, -0.05) is 0 Å². The van der Waals surface area contributed by atoms with Crippen LogP contribution in [-0.2, 0) is 9.53 Å². The third-order valence-corrected chi connectivity index (χ3v) is 2.93. The summed E-state index contributed by atoms with van der Waals surface area (Å²) in [7, 11) is 0. The van der Waals surface area contributed by atoms with Crippen molar-refractivity contribution < 1.29 is 14.6 Å². The molecule has 15 heavy (non-hydrogen) atoms. The summed E-state index contributed by atoms with van der Waals surface area (Å²) >= 11 is 0. The Hall–Kier alpha value is -0.610. The van der Waals surface area contributed by atoms with Gasteiger partial charge >= 0.3 is 5.97 Å². The zero-order chi connectivity index (χ0) is 11.1. The lowest BCUT2D eigenvalue weighted by atomic mass is 9.94. The lowest BCUT2D eigenvalue weighted by Crippen LogP contribution is -2.36. The van der Waals surface area contributed by atoms with Gasteiger partial charge in [-0.15, -0.1) is 0 Å². The number of piperidine rings is 1. The topological polar surface area (TPSA) is 49.8 Å². The molecule has 4 nitrogen and oxygen atoms in total. The van der Waals surface area contributed by atoms with E-state index in [2.05, 4.69) is 4.90 Å². The van der Waals surface area contributed by atoms with E-state index in [1.165, 1.54) is 0 Å². The lowest BCUT2D eigenvalue weighted by molar-refractivity contribution is -0.138. The summed E-state index contributed by atoms with van der Waals surface area (Å²) in [6.07, 6.45) is 2.36. The van der Waals surface area contributed by atoms with E-state index in [1.54, 1.807) is 0 Å². The maximum absolute atomic E-state index is 10.5. The monoisotopic (exact) mass is 215 g/mol. The van der Waals surface area contributed by atoms with Crippen molar-refractivity contribution >= 4 is 5.97 Å². The number of likely N-dealkylation sites (tertiary alicyclic amines) is 1. The second kappa shape index (κ2) is 6.80. The van der Waals surface area contributed by atoms with Gasteiger partial charge in [-0.05, 0) is 38.8 Å². The SMILES string of the molecule is CCOCCN1CCC(CC(=O)O)CC1. The number of rotatable bonds is 6. The van der Waals surface area contributed by atoms with Gasteiger partial charge in [0.15, 0.2) is 0 Å². The average molecular weight is 215 g/mol. The van der Waals surface area contributed by atoms with Crippen LogP contribution >= 0.6 is 0 Å². The van der Waals surface area contributed by atoms with Crippen LogP contribution in [0.4, 0.5) is 0 Å². The normalized spacial score (nSPS) is 19.3. The van der Waals surface area contributed by atoms with Crippen LogP contribution in [0.15, 0.2) is 0 Å². The fraction of sp³-hybridized carbons (Fsp3) is 0.909. The Kier molecular flexibility index (Phi) is 5.65. The summed E-state index contributed by atoms with van der Waals surface area (Å²) in [4.78, 5) is 12.9. The molecule has 88 valence electrons. The minimum atomic E-state index is -0.664. The molecular weight excluding hydrogens is 194 g/mol. The second-order valence-electron chi connectivity index (χ2n) is 4.08. The third kappa shape index (κ3) is 5.14. The molecule has 0 atom stereocenters. The molecule has 4 heteroatoms. The lowest BCUT2D eigenvalue weighted by Gasteiger charge is -2.31. The van der Waals surface area contributed by atoms with E-state index in [1.807, 2.05) is 6.92 Å². The third-order valence-electron chi connectivity index (χ3n) is 2.93. The van der Waals surface area contributed by atoms with Crippen molar-refractivity contribution in [2.45, 2.75) is 26.2 Å². The van der Waals surface area contributed by atoms with E-state index < -0.39 is 5.97 Å². The van der Waals surface area contributed by atoms with Crippen LogP contribution in [0, 0.1) is 5.92 Å². The maximum Gasteiger partial charge on any atom is 0.303 e. The van der Waals surface area contributed by atoms with Crippen LogP contribution in [0.25, 0.3) is 0 Å². The van der Waals surface area contributed by atoms with Crippen molar-refractivity contribution in [1.29, 1.82) is 0 Å². The molecule has 0 amide bonds. The predicted octanol–water partition coefficient (Wildman–Crippen LogP) is 1.21. The van der Waals surface area contributed by atoms with E-state index in [9.17, 15) is 4.79 Å². The molecule has 0 aromatic carbocycles. The smallest absolute Gasteiger partial charge is 0.303 e. The van der Waals surface area contributed by atoms with Gasteiger partial charge < -0.3 is 14.7 Å². The predicted molar refractivity (Wildman–Crippen MR) is 57.9 cm³/mol. The molecule has 1 heterocycles. The van der Waals surface area contributed by atoms with Crippen molar-refractivity contribution in [3.05, 3.63) is 0 Å². The largest absolute Gasteiger partial charge is 0.481 e. The molecule has 0 aliphatic carbocycles.